The normalized spacial score (nSPS) is 13.1. The lowest BCUT2D eigenvalue weighted by Crippen LogP contribution is -3.00. The fourth-order valence-electron chi connectivity index (χ4n) is 3.70. The van der Waals surface area contributed by atoms with E-state index in [1.54, 1.807) is 0 Å². The van der Waals surface area contributed by atoms with Gasteiger partial charge in [-0.1, -0.05) is 99.9 Å². The van der Waals surface area contributed by atoms with Gasteiger partial charge in [-0.15, -0.1) is 0 Å². The molecule has 0 saturated heterocycles. The Morgan fingerprint density at radius 2 is 0.833 bits per heavy atom. The van der Waals surface area contributed by atoms with Gasteiger partial charge in [0.1, 0.15) is 0 Å². The predicted octanol–water partition coefficient (Wildman–Crippen LogP) is -1.29. The van der Waals surface area contributed by atoms with Gasteiger partial charge in [-0.3, -0.25) is 0 Å². The molecule has 2 aromatic carbocycles. The second-order valence-electron chi connectivity index (χ2n) is 10.3. The molecule has 2 nitrogen and oxygen atoms in total. The Morgan fingerprint density at radius 3 is 1.03 bits per heavy atom. The second-order valence-corrected chi connectivity index (χ2v) is 21.4. The van der Waals surface area contributed by atoms with Gasteiger partial charge >= 0.3 is 0 Å². The fraction of sp³-hybridized carbons (Fsp3) is 0.500. The fourth-order valence-corrected chi connectivity index (χ4v) is 7.54. The summed E-state index contributed by atoms with van der Waals surface area (Å²) in [4.78, 5) is 0. The number of hydrogen-bond acceptors (Lipinski definition) is 0. The molecule has 2 aromatic rings. The molecule has 30 heavy (non-hydrogen) atoms. The van der Waals surface area contributed by atoms with Gasteiger partial charge in [-0.25, -0.2) is 0 Å². The lowest BCUT2D eigenvalue weighted by molar-refractivity contribution is -0.372. The summed E-state index contributed by atoms with van der Waals surface area (Å²) in [5.74, 6) is 1.34. The van der Waals surface area contributed by atoms with E-state index >= 15 is 0 Å². The number of benzene rings is 2. The molecule has 0 saturated carbocycles. The average molecular weight is 488 g/mol. The molecule has 0 radical (unpaired) electrons. The lowest BCUT2D eigenvalue weighted by atomic mass is 10.0. The molecule has 0 unspecified atom stereocenters. The van der Waals surface area contributed by atoms with Crippen LogP contribution in [-0.2, 0) is 0 Å². The molecule has 6 N–H and O–H groups in total. The first-order valence-electron chi connectivity index (χ1n) is 10.7. The van der Waals surface area contributed by atoms with E-state index in [-0.39, 0.29) is 24.8 Å². The molecule has 0 spiro atoms. The van der Waals surface area contributed by atoms with Gasteiger partial charge in [0.15, 0.2) is 0 Å². The van der Waals surface area contributed by atoms with E-state index in [0.717, 1.165) is 13.1 Å². The highest BCUT2D eigenvalue weighted by Crippen LogP contribution is 2.25. The Kier molecular flexibility index (Phi) is 16.0. The minimum atomic E-state index is -0.964. The Balaban J connectivity index is 0. The molecule has 0 aromatic heterocycles. The van der Waals surface area contributed by atoms with Crippen LogP contribution in [0.3, 0.4) is 0 Å². The van der Waals surface area contributed by atoms with Gasteiger partial charge in [0.2, 0.25) is 0 Å². The lowest BCUT2D eigenvalue weighted by Gasteiger charge is -2.22. The third-order valence-electron chi connectivity index (χ3n) is 4.96. The van der Waals surface area contributed by atoms with Crippen molar-refractivity contribution in [1.82, 2.24) is 0 Å². The van der Waals surface area contributed by atoms with Crippen LogP contribution >= 0.6 is 0 Å². The maximum absolute atomic E-state index is 4.07. The summed E-state index contributed by atoms with van der Waals surface area (Å²) in [7, 11) is -1.93. The average Bonchev–Trinajstić information content (AvgIpc) is 2.65. The summed E-state index contributed by atoms with van der Waals surface area (Å²) in [6.07, 6.45) is 0. The first-order chi connectivity index (χ1) is 13.1. The Hall–Kier alpha value is -0.626. The van der Waals surface area contributed by atoms with Crippen molar-refractivity contribution in [2.24, 2.45) is 0 Å². The van der Waals surface area contributed by atoms with Gasteiger partial charge in [-0.05, 0) is 23.2 Å². The zero-order valence-electron chi connectivity index (χ0n) is 19.9. The molecule has 0 aliphatic carbocycles. The molecule has 6 heteroatoms. The van der Waals surface area contributed by atoms with Crippen LogP contribution in [0.1, 0.15) is 23.0 Å². The molecule has 172 valence electrons. The smallest absolute Gasteiger partial charge is 0.0806 e. The third kappa shape index (κ3) is 13.6. The van der Waals surface area contributed by atoms with Gasteiger partial charge in [0.05, 0.1) is 13.1 Å². The molecule has 2 atom stereocenters. The molecular weight excluding hydrogens is 443 g/mol. The number of hydrogen-bond donors (Lipinski definition) is 2. The summed E-state index contributed by atoms with van der Waals surface area (Å²) < 4.78 is 0. The SMILES string of the molecule is C[Si](C)(C)C[C@@H](C[NH3+])c1ccccc1.C[Si](C)(C)C[C@H](C[NH3+])c1ccccc1.[Cl-].[Cl-]. The molecule has 0 aliphatic heterocycles. The minimum Gasteiger partial charge on any atom is -1.00 e. The summed E-state index contributed by atoms with van der Waals surface area (Å²) in [5, 5.41) is 0. The van der Waals surface area contributed by atoms with Crippen LogP contribution in [0.2, 0.25) is 51.4 Å². The van der Waals surface area contributed by atoms with Gasteiger partial charge in [-0.2, -0.15) is 0 Å². The van der Waals surface area contributed by atoms with E-state index < -0.39 is 16.1 Å². The quantitative estimate of drug-likeness (QED) is 0.436. The highest BCUT2D eigenvalue weighted by molar-refractivity contribution is 6.76. The summed E-state index contributed by atoms with van der Waals surface area (Å²) >= 11 is 0. The topological polar surface area (TPSA) is 55.3 Å². The molecule has 0 heterocycles. The number of halogens is 2. The van der Waals surface area contributed by atoms with Crippen LogP contribution in [0.15, 0.2) is 60.7 Å². The number of rotatable bonds is 8. The maximum atomic E-state index is 4.07. The van der Waals surface area contributed by atoms with E-state index in [0.29, 0.717) is 11.8 Å². The van der Waals surface area contributed by atoms with Crippen molar-refractivity contribution in [3.63, 3.8) is 0 Å². The van der Waals surface area contributed by atoms with Crippen molar-refractivity contribution in [3.8, 4) is 0 Å². The van der Waals surface area contributed by atoms with Crippen LogP contribution in [0.4, 0.5) is 0 Å². The zero-order chi connectivity index (χ0) is 21.2. The Bertz CT molecular complexity index is 597. The van der Waals surface area contributed by atoms with E-state index in [9.17, 15) is 0 Å². The Labute approximate surface area is 200 Å². The molecular formula is C24H44Cl2N2Si2. The van der Waals surface area contributed by atoms with Crippen molar-refractivity contribution in [2.45, 2.75) is 63.2 Å². The molecule has 0 amide bonds. The van der Waals surface area contributed by atoms with Gasteiger partial charge in [0.25, 0.3) is 0 Å². The summed E-state index contributed by atoms with van der Waals surface area (Å²) in [6, 6.07) is 24.3. The van der Waals surface area contributed by atoms with Crippen molar-refractivity contribution >= 4 is 16.1 Å². The van der Waals surface area contributed by atoms with E-state index in [1.165, 1.54) is 23.2 Å². The molecule has 0 fully saturated rings. The van der Waals surface area contributed by atoms with E-state index in [1.807, 2.05) is 0 Å². The van der Waals surface area contributed by atoms with Crippen LogP contribution in [0, 0.1) is 0 Å². The Morgan fingerprint density at radius 1 is 0.567 bits per heavy atom. The molecule has 2 rings (SSSR count). The van der Waals surface area contributed by atoms with Gasteiger partial charge < -0.3 is 36.3 Å². The largest absolute Gasteiger partial charge is 1.00 e. The standard InChI is InChI=1S/2C12H21NSi.2ClH/c2*1-14(2,3)10-12(9-13)11-7-5-4-6-8-11;;/h2*4-8,12H,9-10,13H2,1-3H3;2*1H/t2*12-;;/m10../s1. The maximum Gasteiger partial charge on any atom is 0.0806 e. The van der Waals surface area contributed by atoms with Crippen LogP contribution in [0.5, 0.6) is 0 Å². The van der Waals surface area contributed by atoms with E-state index in [2.05, 4.69) is 111 Å². The summed E-state index contributed by atoms with van der Waals surface area (Å²) in [5.41, 5.74) is 11.1. The third-order valence-corrected chi connectivity index (χ3v) is 8.39. The first kappa shape index (κ1) is 31.6. The van der Waals surface area contributed by atoms with E-state index in [4.69, 9.17) is 0 Å². The van der Waals surface area contributed by atoms with Crippen molar-refractivity contribution in [3.05, 3.63) is 71.8 Å². The van der Waals surface area contributed by atoms with Gasteiger partial charge in [0, 0.05) is 28.0 Å². The van der Waals surface area contributed by atoms with Crippen LogP contribution in [-0.4, -0.2) is 29.2 Å². The highest BCUT2D eigenvalue weighted by atomic mass is 35.5. The molecule has 0 aliphatic rings. The van der Waals surface area contributed by atoms with Crippen molar-refractivity contribution in [2.75, 3.05) is 13.1 Å². The van der Waals surface area contributed by atoms with Crippen LogP contribution < -0.4 is 36.3 Å². The van der Waals surface area contributed by atoms with Crippen molar-refractivity contribution in [1.29, 1.82) is 0 Å². The van der Waals surface area contributed by atoms with Crippen molar-refractivity contribution < 1.29 is 36.3 Å². The highest BCUT2D eigenvalue weighted by Gasteiger charge is 2.22. The first-order valence-corrected chi connectivity index (χ1v) is 18.2. The minimum absolute atomic E-state index is 0. The second kappa shape index (κ2) is 15.2. The monoisotopic (exact) mass is 486 g/mol. The van der Waals surface area contributed by atoms with Crippen LogP contribution in [0.25, 0.3) is 0 Å². The molecule has 0 bridgehead atoms. The summed E-state index contributed by atoms with van der Waals surface area (Å²) in [6.45, 7) is 16.6. The number of quaternary nitrogens is 2. The predicted molar refractivity (Wildman–Crippen MR) is 130 cm³/mol. The zero-order valence-corrected chi connectivity index (χ0v) is 23.4.